The second kappa shape index (κ2) is 4.70. The zero-order chi connectivity index (χ0) is 13.2. The number of nitrogen functional groups attached to an aromatic ring is 1. The van der Waals surface area contributed by atoms with Crippen molar-refractivity contribution in [3.05, 3.63) is 27.2 Å². The van der Waals surface area contributed by atoms with Crippen LogP contribution in [-0.2, 0) is 0 Å². The number of hydrogen-bond acceptors (Lipinski definition) is 6. The van der Waals surface area contributed by atoms with Crippen LogP contribution >= 0.6 is 11.8 Å². The van der Waals surface area contributed by atoms with E-state index in [1.54, 1.807) is 0 Å². The van der Waals surface area contributed by atoms with Crippen LogP contribution < -0.4 is 5.73 Å². The Morgan fingerprint density at radius 2 is 2.00 bits per heavy atom. The van der Waals surface area contributed by atoms with Crippen LogP contribution in [0.15, 0.2) is 22.2 Å². The Bertz CT molecular complexity index is 469. The van der Waals surface area contributed by atoms with Crippen molar-refractivity contribution in [1.29, 1.82) is 0 Å². The first-order chi connectivity index (χ1) is 7.74. The Morgan fingerprint density at radius 3 is 2.41 bits per heavy atom. The zero-order valence-electron chi connectivity index (χ0n) is 9.76. The van der Waals surface area contributed by atoms with Gasteiger partial charge in [-0.05, 0) is 11.2 Å². The number of nitrogens with two attached hydrogens (primary N) is 1. The number of nitrogens with zero attached hydrogens (tertiary/aromatic N) is 2. The summed E-state index contributed by atoms with van der Waals surface area (Å²) < 4.78 is -0.137. The van der Waals surface area contributed by atoms with E-state index in [0.29, 0.717) is 4.90 Å². The molecule has 0 aromatic heterocycles. The lowest BCUT2D eigenvalue weighted by molar-refractivity contribution is -0.383. The van der Waals surface area contributed by atoms with Gasteiger partial charge in [0.25, 0.3) is 5.69 Å². The van der Waals surface area contributed by atoms with Crippen molar-refractivity contribution in [3.8, 4) is 0 Å². The van der Waals surface area contributed by atoms with Gasteiger partial charge in [0.15, 0.2) is 0 Å². The molecule has 1 rings (SSSR count). The molecule has 0 bridgehead atoms. The van der Waals surface area contributed by atoms with Gasteiger partial charge in [-0.3, -0.25) is 10.1 Å². The van der Waals surface area contributed by atoms with Crippen LogP contribution in [0.2, 0.25) is 0 Å². The molecule has 1 aromatic carbocycles. The van der Waals surface area contributed by atoms with Crippen molar-refractivity contribution in [3.63, 3.8) is 0 Å². The van der Waals surface area contributed by atoms with Gasteiger partial charge in [-0.25, -0.2) is 0 Å². The quantitative estimate of drug-likeness (QED) is 0.293. The SMILES string of the molecule is CC(C)(C)Sc1cc(N)c([N+](=O)[O-])cc1N=O. The molecule has 2 N–H and O–H groups in total. The van der Waals surface area contributed by atoms with Crippen molar-refractivity contribution in [1.82, 2.24) is 0 Å². The molecule has 0 saturated heterocycles. The summed E-state index contributed by atoms with van der Waals surface area (Å²) in [6.45, 7) is 5.89. The number of anilines is 1. The van der Waals surface area contributed by atoms with Crippen LogP contribution in [0.3, 0.4) is 0 Å². The highest BCUT2D eigenvalue weighted by Crippen LogP contribution is 2.41. The number of nitro groups is 1. The lowest BCUT2D eigenvalue weighted by Crippen LogP contribution is -2.07. The molecule has 6 nitrogen and oxygen atoms in total. The van der Waals surface area contributed by atoms with Gasteiger partial charge in [0.2, 0.25) is 0 Å². The lowest BCUT2D eigenvalue weighted by atomic mass is 10.2. The first-order valence-corrected chi connectivity index (χ1v) is 5.66. The van der Waals surface area contributed by atoms with Crippen molar-refractivity contribution >= 4 is 28.8 Å². The molecule has 0 aliphatic carbocycles. The van der Waals surface area contributed by atoms with E-state index in [2.05, 4.69) is 5.18 Å². The van der Waals surface area contributed by atoms with Crippen molar-refractivity contribution in [2.45, 2.75) is 30.4 Å². The fraction of sp³-hybridized carbons (Fsp3) is 0.400. The molecule has 17 heavy (non-hydrogen) atoms. The monoisotopic (exact) mass is 255 g/mol. The van der Waals surface area contributed by atoms with E-state index in [9.17, 15) is 15.0 Å². The molecule has 0 spiro atoms. The molecule has 0 unspecified atom stereocenters. The molecule has 0 aliphatic rings. The third-order valence-corrected chi connectivity index (χ3v) is 2.98. The van der Waals surface area contributed by atoms with Crippen LogP contribution in [0.4, 0.5) is 17.1 Å². The maximum Gasteiger partial charge on any atom is 0.294 e. The second-order valence-electron chi connectivity index (χ2n) is 4.44. The third kappa shape index (κ3) is 3.42. The number of benzene rings is 1. The molecular formula is C10H13N3O3S. The van der Waals surface area contributed by atoms with E-state index in [1.807, 2.05) is 20.8 Å². The van der Waals surface area contributed by atoms with Gasteiger partial charge >= 0.3 is 0 Å². The molecule has 0 amide bonds. The van der Waals surface area contributed by atoms with Gasteiger partial charge in [0.1, 0.15) is 11.4 Å². The Kier molecular flexibility index (Phi) is 3.72. The highest BCUT2D eigenvalue weighted by Gasteiger charge is 2.21. The van der Waals surface area contributed by atoms with Crippen molar-refractivity contribution < 1.29 is 4.92 Å². The van der Waals surface area contributed by atoms with Gasteiger partial charge in [0, 0.05) is 15.7 Å². The molecule has 0 radical (unpaired) electrons. The highest BCUT2D eigenvalue weighted by molar-refractivity contribution is 8.00. The van der Waals surface area contributed by atoms with Crippen molar-refractivity contribution in [2.24, 2.45) is 5.18 Å². The molecule has 0 atom stereocenters. The number of nitroso groups, excluding NO2 is 1. The first-order valence-electron chi connectivity index (χ1n) is 4.85. The van der Waals surface area contributed by atoms with Gasteiger partial charge in [-0.15, -0.1) is 16.7 Å². The van der Waals surface area contributed by atoms with E-state index < -0.39 is 4.92 Å². The van der Waals surface area contributed by atoms with E-state index in [0.717, 1.165) is 6.07 Å². The summed E-state index contributed by atoms with van der Waals surface area (Å²) in [6.07, 6.45) is 0. The summed E-state index contributed by atoms with van der Waals surface area (Å²) in [5.74, 6) is 0. The third-order valence-electron chi connectivity index (χ3n) is 1.82. The average Bonchev–Trinajstić information content (AvgIpc) is 2.14. The van der Waals surface area contributed by atoms with Crippen LogP contribution in [0.25, 0.3) is 0 Å². The first kappa shape index (κ1) is 13.4. The maximum absolute atomic E-state index is 10.7. The zero-order valence-corrected chi connectivity index (χ0v) is 10.6. The van der Waals surface area contributed by atoms with Crippen LogP contribution in [-0.4, -0.2) is 9.67 Å². The Labute approximate surface area is 103 Å². The van der Waals surface area contributed by atoms with E-state index in [-0.39, 0.29) is 21.8 Å². The summed E-state index contributed by atoms with van der Waals surface area (Å²) in [5.41, 5.74) is 5.36. The fourth-order valence-corrected chi connectivity index (χ4v) is 2.26. The predicted molar refractivity (Wildman–Crippen MR) is 68.6 cm³/mol. The summed E-state index contributed by atoms with van der Waals surface area (Å²) in [4.78, 5) is 21.3. The molecule has 92 valence electrons. The largest absolute Gasteiger partial charge is 0.393 e. The molecule has 0 aliphatic heterocycles. The normalized spacial score (nSPS) is 11.2. The van der Waals surface area contributed by atoms with E-state index >= 15 is 0 Å². The number of rotatable bonds is 3. The van der Waals surface area contributed by atoms with Crippen LogP contribution in [0, 0.1) is 15.0 Å². The summed E-state index contributed by atoms with van der Waals surface area (Å²) in [6, 6.07) is 2.53. The summed E-state index contributed by atoms with van der Waals surface area (Å²) in [7, 11) is 0. The molecule has 0 saturated carbocycles. The van der Waals surface area contributed by atoms with Crippen LogP contribution in [0.5, 0.6) is 0 Å². The van der Waals surface area contributed by atoms with Gasteiger partial charge in [-0.1, -0.05) is 20.8 Å². The predicted octanol–water partition coefficient (Wildman–Crippen LogP) is 3.47. The molecule has 1 aromatic rings. The average molecular weight is 255 g/mol. The van der Waals surface area contributed by atoms with Gasteiger partial charge in [0.05, 0.1) is 4.92 Å². The Balaban J connectivity index is 3.28. The van der Waals surface area contributed by atoms with Crippen molar-refractivity contribution in [2.75, 3.05) is 5.73 Å². The molecule has 0 heterocycles. The van der Waals surface area contributed by atoms with Gasteiger partial charge in [-0.2, -0.15) is 0 Å². The standard InChI is InChI=1S/C10H13N3O3S/c1-10(2,3)17-9-4-6(11)8(13(15)16)5-7(9)12-14/h4-5H,11H2,1-3H3. The van der Waals surface area contributed by atoms with E-state index in [4.69, 9.17) is 5.73 Å². The Morgan fingerprint density at radius 1 is 1.41 bits per heavy atom. The minimum Gasteiger partial charge on any atom is -0.393 e. The number of hydrogen-bond donors (Lipinski definition) is 1. The fourth-order valence-electron chi connectivity index (χ4n) is 1.21. The minimum absolute atomic E-state index is 0.0363. The molecule has 7 heteroatoms. The summed E-state index contributed by atoms with van der Waals surface area (Å²) >= 11 is 1.39. The Hall–Kier alpha value is -1.63. The van der Waals surface area contributed by atoms with Gasteiger partial charge < -0.3 is 5.73 Å². The maximum atomic E-state index is 10.7. The lowest BCUT2D eigenvalue weighted by Gasteiger charge is -2.18. The smallest absolute Gasteiger partial charge is 0.294 e. The molecular weight excluding hydrogens is 242 g/mol. The number of thioether (sulfide) groups is 1. The number of nitro benzene ring substituents is 1. The summed E-state index contributed by atoms with van der Waals surface area (Å²) in [5, 5.41) is 13.5. The topological polar surface area (TPSA) is 98.6 Å². The highest BCUT2D eigenvalue weighted by atomic mass is 32.2. The van der Waals surface area contributed by atoms with Crippen LogP contribution in [0.1, 0.15) is 20.8 Å². The second-order valence-corrected chi connectivity index (χ2v) is 6.31. The van der Waals surface area contributed by atoms with E-state index in [1.165, 1.54) is 17.8 Å². The molecule has 0 fully saturated rings. The minimum atomic E-state index is -0.629.